The molecular formula is C16H26O8. The van der Waals surface area contributed by atoms with Crippen molar-refractivity contribution in [2.24, 2.45) is 5.92 Å². The first kappa shape index (κ1) is 21.9. The first-order valence-corrected chi connectivity index (χ1v) is 7.86. The summed E-state index contributed by atoms with van der Waals surface area (Å²) in [6.45, 7) is 3.75. The van der Waals surface area contributed by atoms with Crippen molar-refractivity contribution in [3.63, 3.8) is 0 Å². The Hall–Kier alpha value is -2.12. The van der Waals surface area contributed by atoms with E-state index in [1.807, 2.05) is 6.92 Å². The smallest absolute Gasteiger partial charge is 0.349 e. The highest BCUT2D eigenvalue weighted by Crippen LogP contribution is 2.27. The van der Waals surface area contributed by atoms with Crippen LogP contribution < -0.4 is 0 Å². The minimum absolute atomic E-state index is 0.463. The van der Waals surface area contributed by atoms with Gasteiger partial charge in [-0.05, 0) is 12.8 Å². The number of hydrogen-bond acceptors (Lipinski definition) is 7. The van der Waals surface area contributed by atoms with E-state index >= 15 is 0 Å². The lowest BCUT2D eigenvalue weighted by Gasteiger charge is -2.29. The van der Waals surface area contributed by atoms with Gasteiger partial charge in [0.15, 0.2) is 0 Å². The second kappa shape index (κ2) is 10.6. The molecule has 1 N–H and O–H groups in total. The predicted molar refractivity (Wildman–Crippen MR) is 83.0 cm³/mol. The van der Waals surface area contributed by atoms with Gasteiger partial charge in [-0.3, -0.25) is 14.4 Å². The van der Waals surface area contributed by atoms with E-state index in [2.05, 4.69) is 9.47 Å². The van der Waals surface area contributed by atoms with E-state index in [-0.39, 0.29) is 0 Å². The Morgan fingerprint density at radius 2 is 1.50 bits per heavy atom. The number of aliphatic carboxylic acids is 1. The van der Waals surface area contributed by atoms with Crippen LogP contribution in [0.25, 0.3) is 0 Å². The highest BCUT2D eigenvalue weighted by atomic mass is 16.6. The van der Waals surface area contributed by atoms with Gasteiger partial charge in [-0.2, -0.15) is 0 Å². The number of unbranched alkanes of at least 4 members (excludes halogenated alkanes) is 1. The van der Waals surface area contributed by atoms with Crippen molar-refractivity contribution in [3.05, 3.63) is 0 Å². The number of rotatable bonds is 11. The van der Waals surface area contributed by atoms with Gasteiger partial charge in [0.25, 0.3) is 0 Å². The van der Waals surface area contributed by atoms with Crippen LogP contribution >= 0.6 is 0 Å². The van der Waals surface area contributed by atoms with Gasteiger partial charge in [0.1, 0.15) is 0 Å². The van der Waals surface area contributed by atoms with Gasteiger partial charge in [-0.25, -0.2) is 4.79 Å². The first-order chi connectivity index (χ1) is 11.3. The number of hydrogen-bond donors (Lipinski definition) is 1. The van der Waals surface area contributed by atoms with Crippen molar-refractivity contribution in [1.29, 1.82) is 0 Å². The summed E-state index contributed by atoms with van der Waals surface area (Å²) in [4.78, 5) is 47.2. The zero-order valence-electron chi connectivity index (χ0n) is 14.6. The molecule has 1 unspecified atom stereocenters. The van der Waals surface area contributed by atoms with E-state index in [1.165, 1.54) is 0 Å². The monoisotopic (exact) mass is 346 g/mol. The fourth-order valence-corrected chi connectivity index (χ4v) is 2.16. The van der Waals surface area contributed by atoms with E-state index in [0.29, 0.717) is 12.8 Å². The van der Waals surface area contributed by atoms with Crippen molar-refractivity contribution in [2.75, 3.05) is 14.2 Å². The van der Waals surface area contributed by atoms with Crippen molar-refractivity contribution in [2.45, 2.75) is 58.0 Å². The van der Waals surface area contributed by atoms with Gasteiger partial charge in [-0.15, -0.1) is 0 Å². The molecule has 0 aromatic rings. The second-order valence-corrected chi connectivity index (χ2v) is 5.47. The van der Waals surface area contributed by atoms with E-state index in [9.17, 15) is 24.3 Å². The van der Waals surface area contributed by atoms with Gasteiger partial charge >= 0.3 is 23.9 Å². The Kier molecular flexibility index (Phi) is 9.68. The topological polar surface area (TPSA) is 116 Å². The summed E-state index contributed by atoms with van der Waals surface area (Å²) in [5.41, 5.74) is -2.34. The van der Waals surface area contributed by atoms with Gasteiger partial charge in [0.05, 0.1) is 33.0 Å². The molecule has 0 heterocycles. The molecule has 1 atom stereocenters. The zero-order valence-corrected chi connectivity index (χ0v) is 14.6. The van der Waals surface area contributed by atoms with Crippen LogP contribution in [0.2, 0.25) is 0 Å². The number of carboxylic acids is 1. The third kappa shape index (κ3) is 6.55. The average molecular weight is 346 g/mol. The predicted octanol–water partition coefficient (Wildman–Crippen LogP) is 1.70. The second-order valence-electron chi connectivity index (χ2n) is 5.47. The Balaban J connectivity index is 5.48. The molecule has 0 saturated carbocycles. The van der Waals surface area contributed by atoms with Gasteiger partial charge < -0.3 is 19.3 Å². The maximum atomic E-state index is 12.4. The third-order valence-corrected chi connectivity index (χ3v) is 3.73. The molecule has 0 radical (unpaired) electrons. The number of carboxylic acid groups (broad SMARTS) is 1. The van der Waals surface area contributed by atoms with Crippen LogP contribution in [-0.2, 0) is 33.4 Å². The standard InChI is InChI=1S/C16H26O8/c1-5-7-8-11(6-2)14(19)24-16(15(20)21,9-12(17)22-3)10-13(18)23-4/h11H,5-10H2,1-4H3,(H,20,21). The maximum Gasteiger partial charge on any atom is 0.349 e. The average Bonchev–Trinajstić information content (AvgIpc) is 2.54. The van der Waals surface area contributed by atoms with Crippen LogP contribution in [0.1, 0.15) is 52.4 Å². The molecule has 0 aliphatic heterocycles. The minimum Gasteiger partial charge on any atom is -0.478 e. The molecule has 0 amide bonds. The molecule has 0 saturated heterocycles. The summed E-state index contributed by atoms with van der Waals surface area (Å²) in [6.07, 6.45) is 1.11. The van der Waals surface area contributed by atoms with Gasteiger partial charge in [-0.1, -0.05) is 26.7 Å². The van der Waals surface area contributed by atoms with Crippen molar-refractivity contribution >= 4 is 23.9 Å². The fraction of sp³-hybridized carbons (Fsp3) is 0.750. The SMILES string of the molecule is CCCCC(CC)C(=O)OC(CC(=O)OC)(CC(=O)OC)C(=O)O. The summed E-state index contributed by atoms with van der Waals surface area (Å²) >= 11 is 0. The molecule has 0 aliphatic rings. The summed E-state index contributed by atoms with van der Waals surface area (Å²) < 4.78 is 14.1. The molecule has 0 spiro atoms. The van der Waals surface area contributed by atoms with Crippen molar-refractivity contribution in [1.82, 2.24) is 0 Å². The Labute approximate surface area is 141 Å². The summed E-state index contributed by atoms with van der Waals surface area (Å²) in [6, 6.07) is 0. The van der Waals surface area contributed by atoms with E-state index in [1.54, 1.807) is 6.92 Å². The fourth-order valence-electron chi connectivity index (χ4n) is 2.16. The number of ether oxygens (including phenoxy) is 3. The van der Waals surface area contributed by atoms with Gasteiger partial charge in [0, 0.05) is 0 Å². The molecule has 8 nitrogen and oxygen atoms in total. The molecule has 24 heavy (non-hydrogen) atoms. The number of carbonyl (C=O) groups is 4. The molecule has 8 heteroatoms. The van der Waals surface area contributed by atoms with Crippen LogP contribution in [0.4, 0.5) is 0 Å². The lowest BCUT2D eigenvalue weighted by Crippen LogP contribution is -2.48. The molecule has 138 valence electrons. The minimum atomic E-state index is -2.34. The maximum absolute atomic E-state index is 12.4. The molecule has 0 aliphatic carbocycles. The van der Waals surface area contributed by atoms with E-state index in [0.717, 1.165) is 27.1 Å². The van der Waals surface area contributed by atoms with Crippen LogP contribution in [0.5, 0.6) is 0 Å². The molecule has 0 fully saturated rings. The number of carbonyl (C=O) groups excluding carboxylic acids is 3. The summed E-state index contributed by atoms with van der Waals surface area (Å²) in [5, 5.41) is 9.50. The van der Waals surface area contributed by atoms with Crippen LogP contribution in [0.15, 0.2) is 0 Å². The van der Waals surface area contributed by atoms with Crippen molar-refractivity contribution < 1.29 is 38.5 Å². The van der Waals surface area contributed by atoms with Crippen LogP contribution in [0, 0.1) is 5.92 Å². The third-order valence-electron chi connectivity index (χ3n) is 3.73. The summed E-state index contributed by atoms with van der Waals surface area (Å²) in [7, 11) is 2.15. The number of methoxy groups -OCH3 is 2. The lowest BCUT2D eigenvalue weighted by atomic mass is 9.93. The summed E-state index contributed by atoms with van der Waals surface area (Å²) in [5.74, 6) is -4.66. The van der Waals surface area contributed by atoms with E-state index in [4.69, 9.17) is 4.74 Å². The highest BCUT2D eigenvalue weighted by Gasteiger charge is 2.48. The first-order valence-electron chi connectivity index (χ1n) is 7.86. The molecule has 0 rings (SSSR count). The van der Waals surface area contributed by atoms with Crippen molar-refractivity contribution in [3.8, 4) is 0 Å². The molecular weight excluding hydrogens is 320 g/mol. The van der Waals surface area contributed by atoms with Crippen LogP contribution in [0.3, 0.4) is 0 Å². The molecule has 0 bridgehead atoms. The highest BCUT2D eigenvalue weighted by molar-refractivity contribution is 5.91. The molecule has 0 aromatic carbocycles. The van der Waals surface area contributed by atoms with Gasteiger partial charge in [0.2, 0.25) is 5.60 Å². The normalized spacial score (nSPS) is 12.2. The van der Waals surface area contributed by atoms with E-state index < -0.39 is 48.2 Å². The lowest BCUT2D eigenvalue weighted by molar-refractivity contribution is -0.189. The number of esters is 3. The Morgan fingerprint density at radius 1 is 1.00 bits per heavy atom. The quantitative estimate of drug-likeness (QED) is 0.444. The Morgan fingerprint density at radius 3 is 1.83 bits per heavy atom. The largest absolute Gasteiger partial charge is 0.478 e. The van der Waals surface area contributed by atoms with Crippen LogP contribution in [-0.4, -0.2) is 48.8 Å². The zero-order chi connectivity index (χ0) is 18.8. The Bertz CT molecular complexity index is 439. The molecule has 0 aromatic heterocycles.